The van der Waals surface area contributed by atoms with Gasteiger partial charge in [-0.1, -0.05) is 176 Å². The zero-order valence-electron chi connectivity index (χ0n) is 33.5. The number of para-hydroxylation sites is 1. The molecule has 9 aromatic carbocycles. The van der Waals surface area contributed by atoms with Gasteiger partial charge in [0.05, 0.1) is 11.1 Å². The summed E-state index contributed by atoms with van der Waals surface area (Å²) >= 11 is 0. The summed E-state index contributed by atoms with van der Waals surface area (Å²) in [7, 11) is 2.14. The van der Waals surface area contributed by atoms with Gasteiger partial charge < -0.3 is 9.32 Å². The van der Waals surface area contributed by atoms with E-state index in [4.69, 9.17) is 9.41 Å². The lowest BCUT2D eigenvalue weighted by Gasteiger charge is -2.32. The first-order chi connectivity index (χ1) is 30.2. The van der Waals surface area contributed by atoms with E-state index in [2.05, 4.69) is 206 Å². The Hall–Kier alpha value is -7.75. The van der Waals surface area contributed by atoms with Crippen LogP contribution < -0.4 is 10.8 Å². The smallest absolute Gasteiger partial charge is 0.177 e. The van der Waals surface area contributed by atoms with E-state index in [-0.39, 0.29) is 6.17 Å². The van der Waals surface area contributed by atoms with E-state index in [9.17, 15) is 0 Å². The molecule has 2 aliphatic carbocycles. The molecule has 0 N–H and O–H groups in total. The third-order valence-corrected chi connectivity index (χ3v) is 13.5. The lowest BCUT2D eigenvalue weighted by molar-refractivity contribution is 0.340. The molecule has 0 saturated heterocycles. The van der Waals surface area contributed by atoms with Gasteiger partial charge in [0.1, 0.15) is 17.1 Å². The zero-order chi connectivity index (χ0) is 40.2. The summed E-state index contributed by atoms with van der Waals surface area (Å²) in [6.07, 6.45) is -0.206. The van der Waals surface area contributed by atoms with E-state index >= 15 is 0 Å². The molecule has 3 aliphatic rings. The van der Waals surface area contributed by atoms with Crippen molar-refractivity contribution in [2.24, 2.45) is 4.99 Å². The molecule has 3 heteroatoms. The Morgan fingerprint density at radius 1 is 0.475 bits per heavy atom. The van der Waals surface area contributed by atoms with Crippen LogP contribution in [0.4, 0.5) is 0 Å². The minimum absolute atomic E-state index is 0.206. The molecule has 0 amide bonds. The second-order valence-corrected chi connectivity index (χ2v) is 16.6. The van der Waals surface area contributed by atoms with Crippen LogP contribution in [0.3, 0.4) is 0 Å². The highest BCUT2D eigenvalue weighted by molar-refractivity contribution is 6.09. The summed E-state index contributed by atoms with van der Waals surface area (Å²) in [5, 5.41) is 4.48. The quantitative estimate of drug-likeness (QED) is 0.178. The third kappa shape index (κ3) is 4.72. The van der Waals surface area contributed by atoms with Gasteiger partial charge in [0.25, 0.3) is 0 Å². The van der Waals surface area contributed by atoms with Crippen molar-refractivity contribution < 1.29 is 4.42 Å². The Kier molecular flexibility index (Phi) is 7.21. The lowest BCUT2D eigenvalue weighted by atomic mass is 9.69. The molecule has 10 aromatic rings. The van der Waals surface area contributed by atoms with E-state index in [1.54, 1.807) is 0 Å². The predicted molar refractivity (Wildman–Crippen MR) is 248 cm³/mol. The van der Waals surface area contributed by atoms with Gasteiger partial charge in [-0.2, -0.15) is 0 Å². The van der Waals surface area contributed by atoms with E-state index in [0.29, 0.717) is 0 Å². The molecule has 3 nitrogen and oxygen atoms in total. The molecular weight excluding hydrogens is 741 g/mol. The summed E-state index contributed by atoms with van der Waals surface area (Å²) in [4.78, 5) is 7.61. The van der Waals surface area contributed by atoms with Crippen LogP contribution in [-0.2, 0) is 5.41 Å². The van der Waals surface area contributed by atoms with Gasteiger partial charge in [-0.15, -0.1) is 0 Å². The third-order valence-electron chi connectivity index (χ3n) is 13.5. The van der Waals surface area contributed by atoms with Gasteiger partial charge in [0.2, 0.25) is 0 Å². The lowest BCUT2D eigenvalue weighted by Crippen LogP contribution is -2.39. The fourth-order valence-electron chi connectivity index (χ4n) is 11.0. The second-order valence-electron chi connectivity index (χ2n) is 16.6. The molecule has 1 aromatic heterocycles. The normalized spacial score (nSPS) is 15.3. The van der Waals surface area contributed by atoms with E-state index in [1.165, 1.54) is 72.0 Å². The Morgan fingerprint density at radius 2 is 1.10 bits per heavy atom. The van der Waals surface area contributed by atoms with Gasteiger partial charge in [-0.05, 0) is 113 Å². The van der Waals surface area contributed by atoms with Crippen LogP contribution in [0.5, 0.6) is 0 Å². The average Bonchev–Trinajstić information content (AvgIpc) is 3.95. The Morgan fingerprint density at radius 3 is 1.89 bits per heavy atom. The monoisotopic (exact) mass is 778 g/mol. The van der Waals surface area contributed by atoms with Crippen LogP contribution in [0.2, 0.25) is 0 Å². The minimum atomic E-state index is -0.526. The molecule has 1 atom stereocenters. The van der Waals surface area contributed by atoms with Crippen molar-refractivity contribution in [3.05, 3.63) is 250 Å². The fraction of sp³-hybridized carbons (Fsp3) is 0.0517. The molecule has 0 fully saturated rings. The van der Waals surface area contributed by atoms with Gasteiger partial charge >= 0.3 is 0 Å². The molecule has 286 valence electrons. The van der Waals surface area contributed by atoms with Gasteiger partial charge in [0, 0.05) is 18.0 Å². The Labute approximate surface area is 353 Å². The predicted octanol–water partition coefficient (Wildman–Crippen LogP) is 12.7. The van der Waals surface area contributed by atoms with E-state index in [0.717, 1.165) is 44.1 Å². The van der Waals surface area contributed by atoms with Crippen LogP contribution >= 0.6 is 0 Å². The molecule has 0 radical (unpaired) electrons. The molecule has 1 spiro atoms. The van der Waals surface area contributed by atoms with Crippen LogP contribution in [-0.4, -0.2) is 11.9 Å². The van der Waals surface area contributed by atoms with E-state index < -0.39 is 5.41 Å². The number of fused-ring (bicyclic) bond motifs is 15. The van der Waals surface area contributed by atoms with Gasteiger partial charge in [0.15, 0.2) is 5.42 Å². The van der Waals surface area contributed by atoms with Gasteiger partial charge in [-0.25, -0.2) is 0 Å². The maximum atomic E-state index is 6.69. The molecule has 0 bridgehead atoms. The SMILES string of the molecule is CN1C(c2cccc(-c3ccc4c(c3)C3(c5ccccc5-c5ccccc53)c3c-4c(-c4ccccc4)cc4ccccc34)c2)=c2oc3ccccc3c2=NC1c1ccccc1. The molecule has 2 heterocycles. The number of rotatable bonds is 4. The molecule has 13 rings (SSSR count). The maximum Gasteiger partial charge on any atom is 0.177 e. The number of nitrogens with zero attached hydrogens (tertiary/aromatic N) is 2. The summed E-state index contributed by atoms with van der Waals surface area (Å²) in [5.41, 5.74) is 19.8. The number of hydrogen-bond acceptors (Lipinski definition) is 3. The van der Waals surface area contributed by atoms with Crippen molar-refractivity contribution >= 4 is 27.4 Å². The first-order valence-corrected chi connectivity index (χ1v) is 21.1. The molecule has 0 saturated carbocycles. The van der Waals surface area contributed by atoms with Crippen molar-refractivity contribution in [3.8, 4) is 44.5 Å². The minimum Gasteiger partial charge on any atom is -0.452 e. The number of furan rings is 1. The van der Waals surface area contributed by atoms with Crippen molar-refractivity contribution in [2.75, 3.05) is 7.05 Å². The summed E-state index contributed by atoms with van der Waals surface area (Å²) < 4.78 is 6.69. The standard InChI is InChI=1S/C58H38N2O/c1-60-55(56-54(46-27-12-15-30-51(46)61-56)59-57(60)37-19-6-3-7-20-37)41-23-16-22-38(33-41)39-31-32-45-50(35-39)58(48-28-13-10-25-43(48)44-26-11-14-29-49(44)58)53-42-24-9-8-21-40(42)34-47(52(45)53)36-17-4-2-5-18-36/h2-35,57H,1H3. The Balaban J connectivity index is 1.08. The number of hydrogen-bond donors (Lipinski definition) is 0. The molecule has 61 heavy (non-hydrogen) atoms. The summed E-state index contributed by atoms with van der Waals surface area (Å²) in [6, 6.07) is 75.6. The van der Waals surface area contributed by atoms with Crippen LogP contribution in [0.25, 0.3) is 71.9 Å². The summed E-state index contributed by atoms with van der Waals surface area (Å²) in [6.45, 7) is 0. The van der Waals surface area contributed by atoms with Crippen molar-refractivity contribution in [3.63, 3.8) is 0 Å². The van der Waals surface area contributed by atoms with E-state index in [1.807, 2.05) is 12.1 Å². The fourth-order valence-corrected chi connectivity index (χ4v) is 11.0. The van der Waals surface area contributed by atoms with Crippen LogP contribution in [0.15, 0.2) is 216 Å². The first kappa shape index (κ1) is 34.1. The molecular formula is C58H38N2O. The molecule has 1 unspecified atom stereocenters. The van der Waals surface area contributed by atoms with Crippen molar-refractivity contribution in [1.82, 2.24) is 4.90 Å². The largest absolute Gasteiger partial charge is 0.452 e. The molecule has 1 aliphatic heterocycles. The maximum absolute atomic E-state index is 6.69. The van der Waals surface area contributed by atoms with Crippen LogP contribution in [0, 0.1) is 0 Å². The second kappa shape index (κ2) is 12.9. The average molecular weight is 779 g/mol. The summed E-state index contributed by atoms with van der Waals surface area (Å²) in [5.74, 6) is 0. The van der Waals surface area contributed by atoms with Crippen molar-refractivity contribution in [2.45, 2.75) is 11.6 Å². The zero-order valence-corrected chi connectivity index (χ0v) is 33.5. The topological polar surface area (TPSA) is 28.7 Å². The Bertz CT molecular complexity index is 3520. The highest BCUT2D eigenvalue weighted by Crippen LogP contribution is 2.65. The first-order valence-electron chi connectivity index (χ1n) is 21.1. The van der Waals surface area contributed by atoms with Crippen LogP contribution in [0.1, 0.15) is 39.5 Å². The highest BCUT2D eigenvalue weighted by Gasteiger charge is 2.53. The van der Waals surface area contributed by atoms with Gasteiger partial charge in [-0.3, -0.25) is 4.99 Å². The number of benzene rings is 9. The van der Waals surface area contributed by atoms with Crippen molar-refractivity contribution in [1.29, 1.82) is 0 Å². The highest BCUT2D eigenvalue weighted by atomic mass is 16.3.